The van der Waals surface area contributed by atoms with E-state index in [2.05, 4.69) is 5.32 Å². The zero-order chi connectivity index (χ0) is 13.5. The van der Waals surface area contributed by atoms with Crippen molar-refractivity contribution < 1.29 is 9.59 Å². The fraction of sp³-hybridized carbons (Fsp3) is 0.867. The van der Waals surface area contributed by atoms with Gasteiger partial charge in [-0.1, -0.05) is 26.2 Å². The van der Waals surface area contributed by atoms with Gasteiger partial charge < -0.3 is 5.32 Å². The standard InChI is InChI=1S/C15H24N2O2/c1-11-9-13(18)17(14(11)19)12-5-8-16-15(10-12)6-3-2-4-7-15/h11-12,16H,2-10H2,1H3. The lowest BCUT2D eigenvalue weighted by molar-refractivity contribution is -0.143. The van der Waals surface area contributed by atoms with E-state index in [9.17, 15) is 9.59 Å². The van der Waals surface area contributed by atoms with Crippen LogP contribution < -0.4 is 5.32 Å². The molecular weight excluding hydrogens is 240 g/mol. The van der Waals surface area contributed by atoms with Crippen LogP contribution in [0.2, 0.25) is 0 Å². The Kier molecular flexibility index (Phi) is 3.37. The highest BCUT2D eigenvalue weighted by Crippen LogP contribution is 2.37. The quantitative estimate of drug-likeness (QED) is 0.735. The average molecular weight is 264 g/mol. The van der Waals surface area contributed by atoms with Crippen molar-refractivity contribution in [2.24, 2.45) is 5.92 Å². The summed E-state index contributed by atoms with van der Waals surface area (Å²) >= 11 is 0. The summed E-state index contributed by atoms with van der Waals surface area (Å²) in [6.07, 6.45) is 8.59. The van der Waals surface area contributed by atoms with Gasteiger partial charge in [0.1, 0.15) is 0 Å². The highest BCUT2D eigenvalue weighted by Gasteiger charge is 2.45. The molecule has 0 radical (unpaired) electrons. The van der Waals surface area contributed by atoms with E-state index in [4.69, 9.17) is 0 Å². The van der Waals surface area contributed by atoms with Gasteiger partial charge in [-0.15, -0.1) is 0 Å². The Hall–Kier alpha value is -0.900. The van der Waals surface area contributed by atoms with Crippen molar-refractivity contribution in [2.45, 2.75) is 69.9 Å². The first-order valence-corrected chi connectivity index (χ1v) is 7.72. The molecule has 2 atom stereocenters. The maximum Gasteiger partial charge on any atom is 0.232 e. The average Bonchev–Trinajstić information content (AvgIpc) is 2.64. The van der Waals surface area contributed by atoms with Gasteiger partial charge in [-0.2, -0.15) is 0 Å². The van der Waals surface area contributed by atoms with E-state index in [-0.39, 0.29) is 29.3 Å². The van der Waals surface area contributed by atoms with Gasteiger partial charge >= 0.3 is 0 Å². The minimum absolute atomic E-state index is 0.0513. The SMILES string of the molecule is CC1CC(=O)N(C2CCNC3(CCCCC3)C2)C1=O. The summed E-state index contributed by atoms with van der Waals surface area (Å²) in [6.45, 7) is 2.81. The molecule has 1 saturated carbocycles. The third-order valence-electron chi connectivity index (χ3n) is 5.19. The monoisotopic (exact) mass is 264 g/mol. The van der Waals surface area contributed by atoms with Crippen LogP contribution in [-0.4, -0.2) is 34.8 Å². The number of rotatable bonds is 1. The number of hydrogen-bond acceptors (Lipinski definition) is 3. The first kappa shape index (κ1) is 13.1. The number of nitrogens with one attached hydrogen (secondary N) is 1. The predicted octanol–water partition coefficient (Wildman–Crippen LogP) is 1.84. The molecule has 1 N–H and O–H groups in total. The largest absolute Gasteiger partial charge is 0.311 e. The Labute approximate surface area is 114 Å². The van der Waals surface area contributed by atoms with Crippen LogP contribution in [0.1, 0.15) is 58.3 Å². The lowest BCUT2D eigenvalue weighted by Crippen LogP contribution is -2.58. The molecule has 1 aliphatic carbocycles. The summed E-state index contributed by atoms with van der Waals surface area (Å²) in [6, 6.07) is 0.143. The number of carbonyl (C=O) groups is 2. The van der Waals surface area contributed by atoms with E-state index in [0.717, 1.165) is 19.4 Å². The van der Waals surface area contributed by atoms with E-state index < -0.39 is 0 Å². The van der Waals surface area contributed by atoms with Crippen molar-refractivity contribution in [1.29, 1.82) is 0 Å². The number of likely N-dealkylation sites (tertiary alicyclic amines) is 1. The van der Waals surface area contributed by atoms with Crippen molar-refractivity contribution in [3.05, 3.63) is 0 Å². The van der Waals surface area contributed by atoms with Gasteiger partial charge in [0.25, 0.3) is 0 Å². The van der Waals surface area contributed by atoms with E-state index in [1.54, 1.807) is 4.90 Å². The highest BCUT2D eigenvalue weighted by molar-refractivity contribution is 6.03. The molecule has 2 saturated heterocycles. The van der Waals surface area contributed by atoms with E-state index >= 15 is 0 Å². The Morgan fingerprint density at radius 2 is 1.95 bits per heavy atom. The van der Waals surface area contributed by atoms with Gasteiger partial charge in [-0.25, -0.2) is 0 Å². The minimum atomic E-state index is -0.107. The summed E-state index contributed by atoms with van der Waals surface area (Å²) in [5, 5.41) is 3.68. The minimum Gasteiger partial charge on any atom is -0.311 e. The molecule has 0 aromatic rings. The number of nitrogens with zero attached hydrogens (tertiary/aromatic N) is 1. The predicted molar refractivity (Wildman–Crippen MR) is 72.5 cm³/mol. The van der Waals surface area contributed by atoms with Gasteiger partial charge in [-0.05, 0) is 32.2 Å². The van der Waals surface area contributed by atoms with Crippen LogP contribution in [0.4, 0.5) is 0 Å². The molecule has 3 fully saturated rings. The van der Waals surface area contributed by atoms with Crippen LogP contribution in [-0.2, 0) is 9.59 Å². The van der Waals surface area contributed by atoms with Crippen molar-refractivity contribution in [1.82, 2.24) is 10.2 Å². The van der Waals surface area contributed by atoms with Crippen molar-refractivity contribution in [3.8, 4) is 0 Å². The van der Waals surface area contributed by atoms with Gasteiger partial charge in [0.15, 0.2) is 0 Å². The molecule has 2 unspecified atom stereocenters. The van der Waals surface area contributed by atoms with E-state index in [0.29, 0.717) is 6.42 Å². The van der Waals surface area contributed by atoms with Crippen LogP contribution in [0.15, 0.2) is 0 Å². The summed E-state index contributed by atoms with van der Waals surface area (Å²) in [5.74, 6) is 0.00269. The molecule has 2 heterocycles. The summed E-state index contributed by atoms with van der Waals surface area (Å²) < 4.78 is 0. The highest BCUT2D eigenvalue weighted by atomic mass is 16.2. The first-order chi connectivity index (χ1) is 9.11. The van der Waals surface area contributed by atoms with Crippen LogP contribution >= 0.6 is 0 Å². The molecule has 106 valence electrons. The van der Waals surface area contributed by atoms with E-state index in [1.807, 2.05) is 6.92 Å². The number of piperidine rings is 1. The Balaban J connectivity index is 1.74. The van der Waals surface area contributed by atoms with Crippen molar-refractivity contribution >= 4 is 11.8 Å². The molecule has 0 aromatic carbocycles. The molecule has 4 nitrogen and oxygen atoms in total. The van der Waals surface area contributed by atoms with Crippen LogP contribution in [0.3, 0.4) is 0 Å². The second-order valence-corrected chi connectivity index (χ2v) is 6.62. The van der Waals surface area contributed by atoms with Crippen molar-refractivity contribution in [2.75, 3.05) is 6.54 Å². The van der Waals surface area contributed by atoms with Gasteiger partial charge in [0.05, 0.1) is 0 Å². The summed E-state index contributed by atoms with van der Waals surface area (Å²) in [7, 11) is 0. The number of imide groups is 1. The molecule has 4 heteroatoms. The molecule has 2 amide bonds. The number of hydrogen-bond donors (Lipinski definition) is 1. The lowest BCUT2D eigenvalue weighted by atomic mass is 9.74. The van der Waals surface area contributed by atoms with E-state index in [1.165, 1.54) is 32.1 Å². The zero-order valence-electron chi connectivity index (χ0n) is 11.8. The molecule has 19 heavy (non-hydrogen) atoms. The van der Waals surface area contributed by atoms with Crippen LogP contribution in [0.25, 0.3) is 0 Å². The van der Waals surface area contributed by atoms with Crippen LogP contribution in [0.5, 0.6) is 0 Å². The van der Waals surface area contributed by atoms with Gasteiger partial charge in [0, 0.05) is 23.9 Å². The Bertz CT molecular complexity index is 382. The molecule has 3 rings (SSSR count). The summed E-state index contributed by atoms with van der Waals surface area (Å²) in [5.41, 5.74) is 0.202. The Morgan fingerprint density at radius 3 is 2.58 bits per heavy atom. The maximum atomic E-state index is 12.2. The van der Waals surface area contributed by atoms with Gasteiger partial charge in [0.2, 0.25) is 11.8 Å². The third kappa shape index (κ3) is 2.31. The molecule has 1 spiro atoms. The van der Waals surface area contributed by atoms with Gasteiger partial charge in [-0.3, -0.25) is 14.5 Å². The molecule has 0 aromatic heterocycles. The second kappa shape index (κ2) is 4.89. The molecule has 0 bridgehead atoms. The molecule has 2 aliphatic heterocycles. The molecular formula is C15H24N2O2. The lowest BCUT2D eigenvalue weighted by Gasteiger charge is -2.46. The third-order valence-corrected chi connectivity index (χ3v) is 5.19. The summed E-state index contributed by atoms with van der Waals surface area (Å²) in [4.78, 5) is 25.8. The number of amides is 2. The Morgan fingerprint density at radius 1 is 1.21 bits per heavy atom. The fourth-order valence-electron chi connectivity index (χ4n) is 4.15. The topological polar surface area (TPSA) is 49.4 Å². The fourth-order valence-corrected chi connectivity index (χ4v) is 4.15. The zero-order valence-corrected chi connectivity index (χ0v) is 11.8. The molecule has 3 aliphatic rings. The second-order valence-electron chi connectivity index (χ2n) is 6.62. The normalized spacial score (nSPS) is 35.1. The van der Waals surface area contributed by atoms with Crippen LogP contribution in [0, 0.1) is 5.92 Å². The van der Waals surface area contributed by atoms with Crippen molar-refractivity contribution in [3.63, 3.8) is 0 Å². The first-order valence-electron chi connectivity index (χ1n) is 7.72. The maximum absolute atomic E-state index is 12.2. The smallest absolute Gasteiger partial charge is 0.232 e. The number of carbonyl (C=O) groups excluding carboxylic acids is 2.